The summed E-state index contributed by atoms with van der Waals surface area (Å²) < 4.78 is 0. The molecule has 158 valence electrons. The second kappa shape index (κ2) is 8.79. The van der Waals surface area contributed by atoms with E-state index in [4.69, 9.17) is 0 Å². The average Bonchev–Trinajstić information content (AvgIpc) is 3.52. The summed E-state index contributed by atoms with van der Waals surface area (Å²) in [5.41, 5.74) is 1.43. The van der Waals surface area contributed by atoms with Gasteiger partial charge in [-0.1, -0.05) is 30.3 Å². The predicted octanol–water partition coefficient (Wildman–Crippen LogP) is 1.39. The summed E-state index contributed by atoms with van der Waals surface area (Å²) in [5, 5.41) is 12.8. The maximum atomic E-state index is 12.7. The third-order valence-corrected chi connectivity index (χ3v) is 5.48. The number of carbonyl (C=O) groups excluding carboxylic acids is 2. The molecule has 0 bridgehead atoms. The molecule has 2 heterocycles. The molecule has 8 heteroatoms. The largest absolute Gasteiger partial charge is 0.391 e. The van der Waals surface area contributed by atoms with Crippen LogP contribution in [0.5, 0.6) is 0 Å². The third-order valence-electron chi connectivity index (χ3n) is 5.48. The van der Waals surface area contributed by atoms with Crippen molar-refractivity contribution in [3.63, 3.8) is 0 Å². The van der Waals surface area contributed by atoms with Crippen molar-refractivity contribution in [3.8, 4) is 0 Å². The van der Waals surface area contributed by atoms with E-state index in [0.717, 1.165) is 19.3 Å². The summed E-state index contributed by atoms with van der Waals surface area (Å²) >= 11 is 0. The first-order valence-corrected chi connectivity index (χ1v) is 10.4. The molecule has 1 aromatic carbocycles. The number of benzene rings is 1. The Kier molecular flexibility index (Phi) is 5.94. The van der Waals surface area contributed by atoms with E-state index in [-0.39, 0.29) is 30.5 Å². The van der Waals surface area contributed by atoms with E-state index in [1.807, 2.05) is 30.1 Å². The second-order valence-electron chi connectivity index (χ2n) is 8.08. The molecule has 2 N–H and O–H groups in total. The number of likely N-dealkylation sites (N-methyl/N-ethyl adjacent to an activating group) is 1. The second-order valence-corrected chi connectivity index (χ2v) is 8.08. The Morgan fingerprint density at radius 1 is 1.27 bits per heavy atom. The molecule has 0 radical (unpaired) electrons. The molecule has 2 aromatic rings. The van der Waals surface area contributed by atoms with E-state index in [1.54, 1.807) is 0 Å². The monoisotopic (exact) mass is 409 g/mol. The number of nitrogens with one attached hydrogen (secondary N) is 1. The summed E-state index contributed by atoms with van der Waals surface area (Å²) in [6, 6.07) is 11.6. The highest BCUT2D eigenvalue weighted by atomic mass is 16.3. The number of nitrogens with zero attached hydrogens (tertiary/aromatic N) is 4. The van der Waals surface area contributed by atoms with Gasteiger partial charge >= 0.3 is 0 Å². The van der Waals surface area contributed by atoms with Crippen molar-refractivity contribution in [1.29, 1.82) is 0 Å². The molecule has 8 nitrogen and oxygen atoms in total. The highest BCUT2D eigenvalue weighted by Gasteiger charge is 2.31. The lowest BCUT2D eigenvalue weighted by Crippen LogP contribution is -2.31. The Morgan fingerprint density at radius 3 is 2.70 bits per heavy atom. The number of hydrogen-bond donors (Lipinski definition) is 2. The van der Waals surface area contributed by atoms with Crippen LogP contribution in [0.25, 0.3) is 0 Å². The lowest BCUT2D eigenvalue weighted by molar-refractivity contribution is -0.117. The third kappa shape index (κ3) is 4.94. The van der Waals surface area contributed by atoms with Crippen molar-refractivity contribution in [3.05, 3.63) is 47.7 Å². The summed E-state index contributed by atoms with van der Waals surface area (Å²) in [6.45, 7) is 1.47. The summed E-state index contributed by atoms with van der Waals surface area (Å²) in [4.78, 5) is 37.2. The lowest BCUT2D eigenvalue weighted by atomic mass is 10.1. The summed E-state index contributed by atoms with van der Waals surface area (Å²) in [7, 11) is 1.87. The predicted molar refractivity (Wildman–Crippen MR) is 113 cm³/mol. The Balaban J connectivity index is 1.55. The zero-order valence-corrected chi connectivity index (χ0v) is 17.1. The first-order valence-electron chi connectivity index (χ1n) is 10.4. The fourth-order valence-corrected chi connectivity index (χ4v) is 3.45. The molecule has 2 amide bonds. The molecular formula is C22H27N5O3. The number of aliphatic hydroxyl groups is 1. The molecule has 0 spiro atoms. The minimum atomic E-state index is -0.723. The standard InChI is InChI=1S/C22H27N5O3/c1-26(10-9-15-5-3-2-4-6-15)22-24-18(21(30)23-13-16-7-8-16)12-19(25-22)27-14-17(28)11-20(27)29/h2-6,12,16-17,28H,7-11,13-14H2,1H3,(H,23,30). The Morgan fingerprint density at radius 2 is 2.03 bits per heavy atom. The van der Waals surface area contributed by atoms with E-state index >= 15 is 0 Å². The van der Waals surface area contributed by atoms with Gasteiger partial charge in [-0.25, -0.2) is 4.98 Å². The van der Waals surface area contributed by atoms with Crippen molar-refractivity contribution in [2.45, 2.75) is 31.8 Å². The minimum Gasteiger partial charge on any atom is -0.391 e. The number of carbonyl (C=O) groups is 2. The van der Waals surface area contributed by atoms with Crippen molar-refractivity contribution in [2.24, 2.45) is 5.92 Å². The Labute approximate surface area is 175 Å². The van der Waals surface area contributed by atoms with Gasteiger partial charge in [0.2, 0.25) is 11.9 Å². The van der Waals surface area contributed by atoms with Crippen molar-refractivity contribution < 1.29 is 14.7 Å². The van der Waals surface area contributed by atoms with Gasteiger partial charge < -0.3 is 15.3 Å². The summed E-state index contributed by atoms with van der Waals surface area (Å²) in [6.07, 6.45) is 2.42. The topological polar surface area (TPSA) is 98.7 Å². The number of aromatic nitrogens is 2. The molecule has 4 rings (SSSR count). The first kappa shape index (κ1) is 20.3. The number of β-amino-alcohol motifs (C(OH)–C–C–N with tert-alkyl or cyclic N) is 1. The zero-order chi connectivity index (χ0) is 21.1. The van der Waals surface area contributed by atoms with Crippen LogP contribution in [0, 0.1) is 5.92 Å². The normalized spacial score (nSPS) is 18.5. The van der Waals surface area contributed by atoms with Crippen LogP contribution in [0.4, 0.5) is 11.8 Å². The molecule has 1 aliphatic carbocycles. The van der Waals surface area contributed by atoms with E-state index in [0.29, 0.717) is 30.8 Å². The van der Waals surface area contributed by atoms with Gasteiger partial charge in [0, 0.05) is 26.2 Å². The van der Waals surface area contributed by atoms with Crippen LogP contribution >= 0.6 is 0 Å². The van der Waals surface area contributed by atoms with Crippen LogP contribution in [0.15, 0.2) is 36.4 Å². The van der Waals surface area contributed by atoms with E-state index in [9.17, 15) is 14.7 Å². The fraction of sp³-hybridized carbons (Fsp3) is 0.455. The molecule has 1 saturated heterocycles. The Bertz CT molecular complexity index is 916. The highest BCUT2D eigenvalue weighted by molar-refractivity contribution is 5.98. The molecule has 1 aromatic heterocycles. The minimum absolute atomic E-state index is 0.0619. The van der Waals surface area contributed by atoms with Crippen LogP contribution in [-0.4, -0.2) is 59.7 Å². The maximum Gasteiger partial charge on any atom is 0.270 e. The summed E-state index contributed by atoms with van der Waals surface area (Å²) in [5.74, 6) is 0.816. The molecule has 1 aliphatic heterocycles. The van der Waals surface area contributed by atoms with Crippen LogP contribution in [-0.2, 0) is 11.2 Å². The molecule has 2 aliphatic rings. The Hall–Kier alpha value is -3.00. The quantitative estimate of drug-likeness (QED) is 0.684. The van der Waals surface area contributed by atoms with Gasteiger partial charge in [-0.05, 0) is 30.7 Å². The molecule has 2 fully saturated rings. The van der Waals surface area contributed by atoms with Gasteiger partial charge in [0.25, 0.3) is 5.91 Å². The van der Waals surface area contributed by atoms with E-state index in [2.05, 4.69) is 27.4 Å². The average molecular weight is 409 g/mol. The van der Waals surface area contributed by atoms with Gasteiger partial charge in [0.15, 0.2) is 0 Å². The SMILES string of the molecule is CN(CCc1ccccc1)c1nc(C(=O)NCC2CC2)cc(N2CC(O)CC2=O)n1. The number of amides is 2. The van der Waals surface area contributed by atoms with Crippen LogP contribution < -0.4 is 15.1 Å². The maximum absolute atomic E-state index is 12.7. The van der Waals surface area contributed by atoms with Gasteiger partial charge in [-0.3, -0.25) is 14.5 Å². The molecule has 30 heavy (non-hydrogen) atoms. The van der Waals surface area contributed by atoms with Gasteiger partial charge in [0.05, 0.1) is 19.1 Å². The van der Waals surface area contributed by atoms with E-state index in [1.165, 1.54) is 16.5 Å². The zero-order valence-electron chi connectivity index (χ0n) is 17.1. The van der Waals surface area contributed by atoms with Crippen molar-refractivity contribution >= 4 is 23.6 Å². The number of rotatable bonds is 8. The van der Waals surface area contributed by atoms with Crippen molar-refractivity contribution in [2.75, 3.05) is 36.5 Å². The van der Waals surface area contributed by atoms with Crippen LogP contribution in [0.2, 0.25) is 0 Å². The van der Waals surface area contributed by atoms with Gasteiger partial charge in [0.1, 0.15) is 11.5 Å². The molecular weight excluding hydrogens is 382 g/mol. The molecule has 1 unspecified atom stereocenters. The lowest BCUT2D eigenvalue weighted by Gasteiger charge is -2.21. The fourth-order valence-electron chi connectivity index (χ4n) is 3.45. The smallest absolute Gasteiger partial charge is 0.270 e. The van der Waals surface area contributed by atoms with Gasteiger partial charge in [-0.15, -0.1) is 0 Å². The molecule has 1 saturated carbocycles. The van der Waals surface area contributed by atoms with E-state index < -0.39 is 6.10 Å². The number of hydrogen-bond acceptors (Lipinski definition) is 6. The first-order chi connectivity index (χ1) is 14.5. The van der Waals surface area contributed by atoms with Crippen molar-refractivity contribution in [1.82, 2.24) is 15.3 Å². The van der Waals surface area contributed by atoms with Crippen LogP contribution in [0.1, 0.15) is 35.3 Å². The molecule has 1 atom stereocenters. The number of anilines is 2. The highest BCUT2D eigenvalue weighted by Crippen LogP contribution is 2.28. The van der Waals surface area contributed by atoms with Crippen LogP contribution in [0.3, 0.4) is 0 Å². The van der Waals surface area contributed by atoms with Gasteiger partial charge in [-0.2, -0.15) is 4.98 Å². The number of aliphatic hydroxyl groups excluding tert-OH is 1.